The molecule has 1 heterocycles. The summed E-state index contributed by atoms with van der Waals surface area (Å²) in [5, 5.41) is 3.54. The minimum atomic E-state index is -0.338. The standard InChI is InChI=1S/C14H13ClFNO2S/c1-19-14(18)7-10-3-4-11(20-10)8-17-13-6-9(16)2-5-12(13)15/h2-6,17H,7-8H2,1H3. The molecule has 106 valence electrons. The number of hydrogen-bond donors (Lipinski definition) is 1. The first-order valence-corrected chi connectivity index (χ1v) is 7.11. The van der Waals surface area contributed by atoms with Gasteiger partial charge in [0.05, 0.1) is 24.2 Å². The minimum absolute atomic E-state index is 0.264. The normalized spacial score (nSPS) is 10.3. The van der Waals surface area contributed by atoms with Crippen LogP contribution in [0.15, 0.2) is 30.3 Å². The molecule has 0 fully saturated rings. The Morgan fingerprint density at radius 1 is 1.35 bits per heavy atom. The van der Waals surface area contributed by atoms with Crippen molar-refractivity contribution in [2.45, 2.75) is 13.0 Å². The van der Waals surface area contributed by atoms with E-state index in [1.807, 2.05) is 12.1 Å². The van der Waals surface area contributed by atoms with Gasteiger partial charge in [-0.15, -0.1) is 11.3 Å². The van der Waals surface area contributed by atoms with Crippen molar-refractivity contribution in [3.63, 3.8) is 0 Å². The third-order valence-electron chi connectivity index (χ3n) is 2.65. The van der Waals surface area contributed by atoms with Crippen molar-refractivity contribution >= 4 is 34.6 Å². The maximum absolute atomic E-state index is 13.1. The van der Waals surface area contributed by atoms with Gasteiger partial charge in [0.2, 0.25) is 0 Å². The summed E-state index contributed by atoms with van der Waals surface area (Å²) in [5.74, 6) is -0.603. The van der Waals surface area contributed by atoms with Gasteiger partial charge in [-0.25, -0.2) is 4.39 Å². The lowest BCUT2D eigenvalue weighted by Gasteiger charge is -2.07. The van der Waals surface area contributed by atoms with Crippen LogP contribution in [0.1, 0.15) is 9.75 Å². The number of thiophene rings is 1. The van der Waals surface area contributed by atoms with Crippen molar-refractivity contribution < 1.29 is 13.9 Å². The van der Waals surface area contributed by atoms with Crippen molar-refractivity contribution in [2.24, 2.45) is 0 Å². The third kappa shape index (κ3) is 3.95. The van der Waals surface area contributed by atoms with E-state index in [4.69, 9.17) is 11.6 Å². The third-order valence-corrected chi connectivity index (χ3v) is 4.06. The summed E-state index contributed by atoms with van der Waals surface area (Å²) in [7, 11) is 1.37. The molecule has 0 saturated carbocycles. The zero-order chi connectivity index (χ0) is 14.5. The van der Waals surface area contributed by atoms with Gasteiger partial charge in [0.15, 0.2) is 0 Å². The molecule has 0 aliphatic heterocycles. The largest absolute Gasteiger partial charge is 0.469 e. The predicted molar refractivity (Wildman–Crippen MR) is 78.8 cm³/mol. The van der Waals surface area contributed by atoms with Crippen molar-refractivity contribution in [1.82, 2.24) is 0 Å². The first kappa shape index (κ1) is 14.8. The monoisotopic (exact) mass is 313 g/mol. The molecular weight excluding hydrogens is 301 g/mol. The van der Waals surface area contributed by atoms with Crippen molar-refractivity contribution in [3.05, 3.63) is 50.9 Å². The van der Waals surface area contributed by atoms with Gasteiger partial charge >= 0.3 is 5.97 Å². The molecule has 0 amide bonds. The number of ether oxygens (including phenoxy) is 1. The number of benzene rings is 1. The van der Waals surface area contributed by atoms with Crippen LogP contribution in [0.5, 0.6) is 0 Å². The van der Waals surface area contributed by atoms with E-state index in [1.54, 1.807) is 0 Å². The first-order valence-electron chi connectivity index (χ1n) is 5.92. The van der Waals surface area contributed by atoms with Crippen LogP contribution in [0.4, 0.5) is 10.1 Å². The molecule has 0 radical (unpaired) electrons. The van der Waals surface area contributed by atoms with Gasteiger partial charge in [-0.05, 0) is 30.3 Å². The van der Waals surface area contributed by atoms with Gasteiger partial charge in [-0.2, -0.15) is 0 Å². The number of halogens is 2. The van der Waals surface area contributed by atoms with E-state index < -0.39 is 0 Å². The summed E-state index contributed by atoms with van der Waals surface area (Å²) >= 11 is 7.47. The van der Waals surface area contributed by atoms with Crippen molar-refractivity contribution in [2.75, 3.05) is 12.4 Å². The average Bonchev–Trinajstić information content (AvgIpc) is 2.87. The zero-order valence-corrected chi connectivity index (χ0v) is 12.4. The predicted octanol–water partition coefficient (Wildman–Crippen LogP) is 3.87. The molecule has 1 N–H and O–H groups in total. The first-order chi connectivity index (χ1) is 9.58. The van der Waals surface area contributed by atoms with Crippen LogP contribution in [-0.4, -0.2) is 13.1 Å². The molecule has 0 atom stereocenters. The van der Waals surface area contributed by atoms with E-state index in [-0.39, 0.29) is 18.2 Å². The van der Waals surface area contributed by atoms with Gasteiger partial charge in [-0.1, -0.05) is 11.6 Å². The maximum atomic E-state index is 13.1. The van der Waals surface area contributed by atoms with Crippen LogP contribution < -0.4 is 5.32 Å². The number of esters is 1. The topological polar surface area (TPSA) is 38.3 Å². The number of hydrogen-bond acceptors (Lipinski definition) is 4. The Balaban J connectivity index is 1.97. The van der Waals surface area contributed by atoms with Crippen molar-refractivity contribution in [1.29, 1.82) is 0 Å². The summed E-state index contributed by atoms with van der Waals surface area (Å²) in [6.07, 6.45) is 0.266. The number of carbonyl (C=O) groups is 1. The molecule has 0 bridgehead atoms. The molecule has 0 saturated heterocycles. The van der Waals surface area contributed by atoms with Crippen LogP contribution in [0, 0.1) is 5.82 Å². The molecule has 2 aromatic rings. The minimum Gasteiger partial charge on any atom is -0.469 e. The van der Waals surface area contributed by atoms with Gasteiger partial charge in [-0.3, -0.25) is 4.79 Å². The summed E-state index contributed by atoms with van der Waals surface area (Å²) in [4.78, 5) is 13.1. The maximum Gasteiger partial charge on any atom is 0.310 e. The fourth-order valence-electron chi connectivity index (χ4n) is 1.64. The Labute approximate surface area is 125 Å². The highest BCUT2D eigenvalue weighted by Crippen LogP contribution is 2.24. The molecule has 20 heavy (non-hydrogen) atoms. The molecule has 0 spiro atoms. The Morgan fingerprint density at radius 3 is 2.85 bits per heavy atom. The Kier molecular flexibility index (Phi) is 4.98. The molecular formula is C14H13ClFNO2S. The summed E-state index contributed by atoms with van der Waals surface area (Å²) < 4.78 is 17.7. The highest BCUT2D eigenvalue weighted by Gasteiger charge is 2.07. The number of rotatable bonds is 5. The van der Waals surface area contributed by atoms with E-state index in [1.165, 1.54) is 36.6 Å². The molecule has 2 rings (SSSR count). The Bertz CT molecular complexity index is 615. The highest BCUT2D eigenvalue weighted by molar-refractivity contribution is 7.12. The van der Waals surface area contributed by atoms with E-state index in [0.29, 0.717) is 17.3 Å². The summed E-state index contributed by atoms with van der Waals surface area (Å²) in [6, 6.07) is 7.98. The van der Waals surface area contributed by atoms with Crippen molar-refractivity contribution in [3.8, 4) is 0 Å². The van der Waals surface area contributed by atoms with E-state index in [2.05, 4.69) is 10.1 Å². The summed E-state index contributed by atoms with van der Waals surface area (Å²) in [5.41, 5.74) is 0.551. The second kappa shape index (κ2) is 6.72. The Hall–Kier alpha value is -1.59. The van der Waals surface area contributed by atoms with Crippen LogP contribution >= 0.6 is 22.9 Å². The molecule has 1 aromatic carbocycles. The lowest BCUT2D eigenvalue weighted by molar-refractivity contribution is -0.139. The van der Waals surface area contributed by atoms with E-state index in [9.17, 15) is 9.18 Å². The second-order valence-corrected chi connectivity index (χ2v) is 5.76. The number of nitrogens with one attached hydrogen (secondary N) is 1. The number of anilines is 1. The second-order valence-electron chi connectivity index (χ2n) is 4.10. The smallest absolute Gasteiger partial charge is 0.310 e. The van der Waals surface area contributed by atoms with E-state index >= 15 is 0 Å². The zero-order valence-electron chi connectivity index (χ0n) is 10.8. The molecule has 3 nitrogen and oxygen atoms in total. The fourth-order valence-corrected chi connectivity index (χ4v) is 2.77. The van der Waals surface area contributed by atoms with Crippen LogP contribution in [0.2, 0.25) is 5.02 Å². The molecule has 6 heteroatoms. The van der Waals surface area contributed by atoms with Crippen LogP contribution in [0.3, 0.4) is 0 Å². The van der Waals surface area contributed by atoms with Crippen LogP contribution in [0.25, 0.3) is 0 Å². The number of methoxy groups -OCH3 is 1. The summed E-state index contributed by atoms with van der Waals surface area (Å²) in [6.45, 7) is 0.523. The molecule has 1 aromatic heterocycles. The molecule has 0 unspecified atom stereocenters. The van der Waals surface area contributed by atoms with Gasteiger partial charge in [0, 0.05) is 16.3 Å². The SMILES string of the molecule is COC(=O)Cc1ccc(CNc2cc(F)ccc2Cl)s1. The fraction of sp³-hybridized carbons (Fsp3) is 0.214. The molecule has 0 aliphatic rings. The number of carbonyl (C=O) groups excluding carboxylic acids is 1. The van der Waals surface area contributed by atoms with Crippen LogP contribution in [-0.2, 0) is 22.5 Å². The molecule has 0 aliphatic carbocycles. The average molecular weight is 314 g/mol. The quantitative estimate of drug-likeness (QED) is 0.852. The Morgan fingerprint density at radius 2 is 2.10 bits per heavy atom. The van der Waals surface area contributed by atoms with Gasteiger partial charge in [0.1, 0.15) is 5.82 Å². The lowest BCUT2D eigenvalue weighted by atomic mass is 10.3. The van der Waals surface area contributed by atoms with Gasteiger partial charge in [0.25, 0.3) is 0 Å². The van der Waals surface area contributed by atoms with E-state index in [0.717, 1.165) is 9.75 Å². The highest BCUT2D eigenvalue weighted by atomic mass is 35.5. The van der Waals surface area contributed by atoms with Gasteiger partial charge < -0.3 is 10.1 Å². The lowest BCUT2D eigenvalue weighted by Crippen LogP contribution is -2.02.